The third-order valence-electron chi connectivity index (χ3n) is 2.30. The van der Waals surface area contributed by atoms with Crippen LogP contribution in [0.5, 0.6) is 5.75 Å². The number of amides is 1. The molecule has 1 aromatic carbocycles. The van der Waals surface area contributed by atoms with E-state index in [1.54, 1.807) is 25.3 Å². The van der Waals surface area contributed by atoms with E-state index in [4.69, 9.17) is 9.15 Å². The number of hydrogen-bond acceptors (Lipinski definition) is 4. The Labute approximate surface area is 118 Å². The second-order valence-electron chi connectivity index (χ2n) is 3.57. The van der Waals surface area contributed by atoms with Crippen molar-refractivity contribution < 1.29 is 13.9 Å². The molecule has 0 saturated heterocycles. The van der Waals surface area contributed by atoms with Crippen LogP contribution in [0.4, 0.5) is 0 Å². The molecule has 0 aliphatic heterocycles. The first-order chi connectivity index (χ1) is 9.20. The fraction of sp³-hybridized carbons (Fsp3) is 0.0769. The number of ether oxygens (including phenoxy) is 1. The van der Waals surface area contributed by atoms with Crippen LogP contribution in [0.3, 0.4) is 0 Å². The van der Waals surface area contributed by atoms with Gasteiger partial charge >= 0.3 is 5.91 Å². The summed E-state index contributed by atoms with van der Waals surface area (Å²) in [5.41, 5.74) is 3.20. The molecule has 0 saturated carbocycles. The summed E-state index contributed by atoms with van der Waals surface area (Å²) in [6, 6.07) is 8.67. The highest BCUT2D eigenvalue weighted by Crippen LogP contribution is 2.24. The standard InChI is InChI=1S/C13H11BrN2O3/c1-18-11-5-4-9(7-10(11)14)8-15-16-13(17)12-3-2-6-19-12/h2-8H,1H3,(H,16,17). The summed E-state index contributed by atoms with van der Waals surface area (Å²) in [5, 5.41) is 3.85. The van der Waals surface area contributed by atoms with Gasteiger partial charge in [-0.1, -0.05) is 0 Å². The monoisotopic (exact) mass is 322 g/mol. The first kappa shape index (κ1) is 13.4. The molecule has 0 bridgehead atoms. The summed E-state index contributed by atoms with van der Waals surface area (Å²) >= 11 is 3.37. The molecular weight excluding hydrogens is 312 g/mol. The summed E-state index contributed by atoms with van der Waals surface area (Å²) in [4.78, 5) is 11.5. The maximum atomic E-state index is 11.5. The number of nitrogens with one attached hydrogen (secondary N) is 1. The molecule has 1 aromatic heterocycles. The summed E-state index contributed by atoms with van der Waals surface area (Å²) < 4.78 is 10.9. The Balaban J connectivity index is 1.99. The number of hydrazone groups is 1. The lowest BCUT2D eigenvalue weighted by atomic mass is 10.2. The Morgan fingerprint density at radius 1 is 1.47 bits per heavy atom. The van der Waals surface area contributed by atoms with E-state index >= 15 is 0 Å². The molecule has 19 heavy (non-hydrogen) atoms. The summed E-state index contributed by atoms with van der Waals surface area (Å²) in [6.45, 7) is 0. The zero-order valence-corrected chi connectivity index (χ0v) is 11.7. The first-order valence-electron chi connectivity index (χ1n) is 5.41. The van der Waals surface area contributed by atoms with Crippen LogP contribution in [0.25, 0.3) is 0 Å². The predicted octanol–water partition coefficient (Wildman–Crippen LogP) is 2.81. The average molecular weight is 323 g/mol. The van der Waals surface area contributed by atoms with Gasteiger partial charge in [-0.15, -0.1) is 0 Å². The molecule has 0 atom stereocenters. The van der Waals surface area contributed by atoms with Gasteiger partial charge in [0.05, 0.1) is 24.1 Å². The number of methoxy groups -OCH3 is 1. The summed E-state index contributed by atoms with van der Waals surface area (Å²) in [6.07, 6.45) is 2.96. The Bertz CT molecular complexity index is 594. The summed E-state index contributed by atoms with van der Waals surface area (Å²) in [5.74, 6) is 0.554. The molecule has 6 heteroatoms. The van der Waals surface area contributed by atoms with Crippen LogP contribution < -0.4 is 10.2 Å². The van der Waals surface area contributed by atoms with Crippen molar-refractivity contribution in [3.8, 4) is 5.75 Å². The molecule has 0 radical (unpaired) electrons. The molecule has 5 nitrogen and oxygen atoms in total. The van der Waals surface area contributed by atoms with Crippen molar-refractivity contribution in [2.24, 2.45) is 5.10 Å². The Kier molecular flexibility index (Phi) is 4.35. The first-order valence-corrected chi connectivity index (χ1v) is 6.20. The highest BCUT2D eigenvalue weighted by Gasteiger charge is 2.06. The molecule has 0 spiro atoms. The van der Waals surface area contributed by atoms with Gasteiger partial charge < -0.3 is 9.15 Å². The van der Waals surface area contributed by atoms with E-state index in [1.807, 2.05) is 12.1 Å². The minimum absolute atomic E-state index is 0.216. The van der Waals surface area contributed by atoms with Crippen molar-refractivity contribution >= 4 is 28.1 Å². The minimum Gasteiger partial charge on any atom is -0.496 e. The molecule has 2 aromatic rings. The number of hydrogen-bond donors (Lipinski definition) is 1. The van der Waals surface area contributed by atoms with Crippen LogP contribution in [-0.4, -0.2) is 19.2 Å². The summed E-state index contributed by atoms with van der Waals surface area (Å²) in [7, 11) is 1.59. The van der Waals surface area contributed by atoms with Crippen molar-refractivity contribution in [3.05, 3.63) is 52.4 Å². The van der Waals surface area contributed by atoms with E-state index in [0.717, 1.165) is 15.8 Å². The number of benzene rings is 1. The predicted molar refractivity (Wildman–Crippen MR) is 74.5 cm³/mol. The molecule has 0 aliphatic carbocycles. The van der Waals surface area contributed by atoms with E-state index in [0.29, 0.717) is 0 Å². The van der Waals surface area contributed by atoms with E-state index in [-0.39, 0.29) is 5.76 Å². The van der Waals surface area contributed by atoms with Gasteiger partial charge in [-0.25, -0.2) is 5.43 Å². The van der Waals surface area contributed by atoms with E-state index in [1.165, 1.54) is 12.5 Å². The van der Waals surface area contributed by atoms with Crippen LogP contribution in [0.15, 0.2) is 50.6 Å². The fourth-order valence-electron chi connectivity index (χ4n) is 1.39. The van der Waals surface area contributed by atoms with E-state index in [9.17, 15) is 4.79 Å². The van der Waals surface area contributed by atoms with Crippen LogP contribution in [0, 0.1) is 0 Å². The SMILES string of the molecule is COc1ccc(C=NNC(=O)c2ccco2)cc1Br. The lowest BCUT2D eigenvalue weighted by Gasteiger charge is -2.03. The van der Waals surface area contributed by atoms with Crippen molar-refractivity contribution in [2.45, 2.75) is 0 Å². The zero-order valence-electron chi connectivity index (χ0n) is 10.1. The lowest BCUT2D eigenvalue weighted by molar-refractivity contribution is 0.0927. The third kappa shape index (κ3) is 3.45. The topological polar surface area (TPSA) is 63.8 Å². The van der Waals surface area contributed by atoms with Gasteiger partial charge in [0.1, 0.15) is 5.75 Å². The van der Waals surface area contributed by atoms with Gasteiger partial charge in [0, 0.05) is 0 Å². The molecule has 0 unspecified atom stereocenters. The molecule has 1 amide bonds. The van der Waals surface area contributed by atoms with Crippen LogP contribution in [-0.2, 0) is 0 Å². The molecule has 0 fully saturated rings. The highest BCUT2D eigenvalue weighted by molar-refractivity contribution is 9.10. The average Bonchev–Trinajstić information content (AvgIpc) is 2.93. The van der Waals surface area contributed by atoms with Crippen molar-refractivity contribution in [1.82, 2.24) is 5.43 Å². The van der Waals surface area contributed by atoms with E-state index in [2.05, 4.69) is 26.5 Å². The van der Waals surface area contributed by atoms with Crippen molar-refractivity contribution in [2.75, 3.05) is 7.11 Å². The molecule has 1 N–H and O–H groups in total. The van der Waals surface area contributed by atoms with Gasteiger partial charge in [0.15, 0.2) is 5.76 Å². The Morgan fingerprint density at radius 3 is 2.95 bits per heavy atom. The maximum absolute atomic E-state index is 11.5. The zero-order chi connectivity index (χ0) is 13.7. The minimum atomic E-state index is -0.395. The Hall–Kier alpha value is -2.08. The molecular formula is C13H11BrN2O3. The van der Waals surface area contributed by atoms with Gasteiger partial charge in [-0.05, 0) is 51.8 Å². The number of rotatable bonds is 4. The van der Waals surface area contributed by atoms with Crippen LogP contribution in [0.2, 0.25) is 0 Å². The largest absolute Gasteiger partial charge is 0.496 e. The number of carbonyl (C=O) groups is 1. The van der Waals surface area contributed by atoms with Crippen LogP contribution in [0.1, 0.15) is 16.1 Å². The maximum Gasteiger partial charge on any atom is 0.307 e. The number of halogens is 1. The molecule has 98 valence electrons. The lowest BCUT2D eigenvalue weighted by Crippen LogP contribution is -2.16. The highest BCUT2D eigenvalue weighted by atomic mass is 79.9. The smallest absolute Gasteiger partial charge is 0.307 e. The van der Waals surface area contributed by atoms with Crippen molar-refractivity contribution in [3.63, 3.8) is 0 Å². The van der Waals surface area contributed by atoms with E-state index < -0.39 is 5.91 Å². The van der Waals surface area contributed by atoms with Gasteiger partial charge in [-0.3, -0.25) is 4.79 Å². The van der Waals surface area contributed by atoms with Gasteiger partial charge in [-0.2, -0.15) is 5.10 Å². The Morgan fingerprint density at radius 2 is 2.32 bits per heavy atom. The second kappa shape index (κ2) is 6.19. The number of furan rings is 1. The number of nitrogens with zero attached hydrogens (tertiary/aromatic N) is 1. The van der Waals surface area contributed by atoms with Crippen molar-refractivity contribution in [1.29, 1.82) is 0 Å². The van der Waals surface area contributed by atoms with Crippen LogP contribution >= 0.6 is 15.9 Å². The van der Waals surface area contributed by atoms with Gasteiger partial charge in [0.2, 0.25) is 0 Å². The quantitative estimate of drug-likeness (QED) is 0.695. The van der Waals surface area contributed by atoms with Gasteiger partial charge in [0.25, 0.3) is 0 Å². The molecule has 0 aliphatic rings. The fourth-order valence-corrected chi connectivity index (χ4v) is 1.95. The second-order valence-corrected chi connectivity index (χ2v) is 4.42. The number of carbonyl (C=O) groups excluding carboxylic acids is 1. The third-order valence-corrected chi connectivity index (χ3v) is 2.92. The normalized spacial score (nSPS) is 10.6. The molecule has 1 heterocycles. The molecule has 2 rings (SSSR count).